The van der Waals surface area contributed by atoms with Gasteiger partial charge in [-0.25, -0.2) is 0 Å². The Bertz CT molecular complexity index is 357. The highest BCUT2D eigenvalue weighted by Gasteiger charge is 2.35. The Hall–Kier alpha value is -0.650. The molecule has 0 aromatic rings. The monoisotopic (exact) mass is 295 g/mol. The molecule has 1 saturated carbocycles. The summed E-state index contributed by atoms with van der Waals surface area (Å²) < 4.78 is 5.63. The first kappa shape index (κ1) is 15.3. The van der Waals surface area contributed by atoms with Crippen LogP contribution in [0.3, 0.4) is 0 Å². The maximum absolute atomic E-state index is 11.7. The van der Waals surface area contributed by atoms with E-state index in [4.69, 9.17) is 4.74 Å². The lowest BCUT2D eigenvalue weighted by atomic mass is 9.93. The molecule has 0 radical (unpaired) electrons. The largest absolute Gasteiger partial charge is 0.379 e. The molecule has 21 heavy (non-hydrogen) atoms. The first-order valence-electron chi connectivity index (χ1n) is 8.59. The van der Waals surface area contributed by atoms with Crippen molar-refractivity contribution >= 4 is 5.91 Å². The van der Waals surface area contributed by atoms with Crippen LogP contribution < -0.4 is 10.6 Å². The third-order valence-corrected chi connectivity index (χ3v) is 5.20. The van der Waals surface area contributed by atoms with Crippen LogP contribution in [0.4, 0.5) is 0 Å². The lowest BCUT2D eigenvalue weighted by molar-refractivity contribution is -0.128. The molecule has 2 saturated heterocycles. The van der Waals surface area contributed by atoms with Crippen LogP contribution in [-0.4, -0.2) is 61.8 Å². The summed E-state index contributed by atoms with van der Waals surface area (Å²) in [6.45, 7) is 6.68. The summed E-state index contributed by atoms with van der Waals surface area (Å²) in [5.74, 6) is 0.996. The van der Waals surface area contributed by atoms with E-state index in [-0.39, 0.29) is 0 Å². The standard InChI is InChI=1S/C16H29N3O2/c1-12(10-19-8-3-6-16(19)20)18-14-5-2-4-13(14)15-11-21-9-7-17-15/h12-15,17-18H,2-11H2,1H3. The quantitative estimate of drug-likeness (QED) is 0.786. The zero-order valence-electron chi connectivity index (χ0n) is 13.1. The molecule has 4 atom stereocenters. The van der Waals surface area contributed by atoms with Gasteiger partial charge in [-0.2, -0.15) is 0 Å². The molecule has 3 fully saturated rings. The summed E-state index contributed by atoms with van der Waals surface area (Å²) >= 11 is 0. The number of morpholine rings is 1. The van der Waals surface area contributed by atoms with Crippen molar-refractivity contribution < 1.29 is 9.53 Å². The molecule has 2 N–H and O–H groups in total. The van der Waals surface area contributed by atoms with E-state index in [1.165, 1.54) is 19.3 Å². The highest BCUT2D eigenvalue weighted by atomic mass is 16.5. The van der Waals surface area contributed by atoms with E-state index in [2.05, 4.69) is 17.6 Å². The van der Waals surface area contributed by atoms with E-state index >= 15 is 0 Å². The summed E-state index contributed by atoms with van der Waals surface area (Å²) in [7, 11) is 0. The van der Waals surface area contributed by atoms with Gasteiger partial charge < -0.3 is 20.3 Å². The average Bonchev–Trinajstić information content (AvgIpc) is 3.10. The van der Waals surface area contributed by atoms with Gasteiger partial charge in [-0.05, 0) is 32.1 Å². The lowest BCUT2D eigenvalue weighted by Gasteiger charge is -2.34. The van der Waals surface area contributed by atoms with Gasteiger partial charge >= 0.3 is 0 Å². The number of nitrogens with one attached hydrogen (secondary N) is 2. The maximum atomic E-state index is 11.7. The van der Waals surface area contributed by atoms with Crippen LogP contribution >= 0.6 is 0 Å². The topological polar surface area (TPSA) is 53.6 Å². The molecule has 1 amide bonds. The summed E-state index contributed by atoms with van der Waals surface area (Å²) in [4.78, 5) is 13.7. The fourth-order valence-corrected chi connectivity index (χ4v) is 4.18. The van der Waals surface area contributed by atoms with Gasteiger partial charge in [-0.3, -0.25) is 4.79 Å². The summed E-state index contributed by atoms with van der Waals surface area (Å²) in [6, 6.07) is 1.44. The van der Waals surface area contributed by atoms with E-state index in [9.17, 15) is 4.79 Å². The fourth-order valence-electron chi connectivity index (χ4n) is 4.18. The van der Waals surface area contributed by atoms with Crippen molar-refractivity contribution in [3.05, 3.63) is 0 Å². The molecule has 1 aliphatic carbocycles. The number of hydrogen-bond donors (Lipinski definition) is 2. The van der Waals surface area contributed by atoms with Crippen LogP contribution in [-0.2, 0) is 9.53 Å². The molecule has 3 aliphatic rings. The number of carbonyl (C=O) groups is 1. The van der Waals surface area contributed by atoms with Crippen molar-refractivity contribution in [2.75, 3.05) is 32.8 Å². The number of rotatable bonds is 5. The highest BCUT2D eigenvalue weighted by molar-refractivity contribution is 5.78. The maximum Gasteiger partial charge on any atom is 0.222 e. The molecule has 5 heteroatoms. The van der Waals surface area contributed by atoms with E-state index in [0.717, 1.165) is 45.7 Å². The van der Waals surface area contributed by atoms with Crippen LogP contribution in [0.5, 0.6) is 0 Å². The first-order valence-corrected chi connectivity index (χ1v) is 8.59. The van der Waals surface area contributed by atoms with Gasteiger partial charge in [0.2, 0.25) is 5.91 Å². The van der Waals surface area contributed by atoms with Crippen LogP contribution in [0.15, 0.2) is 0 Å². The number of ether oxygens (including phenoxy) is 1. The van der Waals surface area contributed by atoms with Crippen LogP contribution in [0.1, 0.15) is 39.0 Å². The van der Waals surface area contributed by atoms with E-state index in [1.54, 1.807) is 0 Å². The summed E-state index contributed by atoms with van der Waals surface area (Å²) in [5, 5.41) is 7.40. The number of hydrogen-bond acceptors (Lipinski definition) is 4. The first-order chi connectivity index (χ1) is 10.2. The molecular formula is C16H29N3O2. The van der Waals surface area contributed by atoms with Crippen LogP contribution in [0.2, 0.25) is 0 Å². The summed E-state index contributed by atoms with van der Waals surface area (Å²) in [5.41, 5.74) is 0. The third kappa shape index (κ3) is 3.76. The highest BCUT2D eigenvalue weighted by Crippen LogP contribution is 2.30. The molecular weight excluding hydrogens is 266 g/mol. The molecule has 3 rings (SSSR count). The Morgan fingerprint density at radius 3 is 3.05 bits per heavy atom. The van der Waals surface area contributed by atoms with Crippen LogP contribution in [0.25, 0.3) is 0 Å². The molecule has 5 nitrogen and oxygen atoms in total. The predicted molar refractivity (Wildman–Crippen MR) is 82.2 cm³/mol. The minimum Gasteiger partial charge on any atom is -0.379 e. The normalized spacial score (nSPS) is 35.4. The number of nitrogens with zero attached hydrogens (tertiary/aromatic N) is 1. The van der Waals surface area contributed by atoms with Crippen molar-refractivity contribution in [1.29, 1.82) is 0 Å². The van der Waals surface area contributed by atoms with E-state index in [0.29, 0.717) is 30.0 Å². The lowest BCUT2D eigenvalue weighted by Crippen LogP contribution is -2.53. The summed E-state index contributed by atoms with van der Waals surface area (Å²) in [6.07, 6.45) is 5.61. The van der Waals surface area contributed by atoms with Gasteiger partial charge in [0.25, 0.3) is 0 Å². The molecule has 2 heterocycles. The fraction of sp³-hybridized carbons (Fsp3) is 0.938. The molecule has 120 valence electrons. The molecule has 0 spiro atoms. The number of carbonyl (C=O) groups excluding carboxylic acids is 1. The average molecular weight is 295 g/mol. The van der Waals surface area contributed by atoms with Gasteiger partial charge in [-0.15, -0.1) is 0 Å². The zero-order chi connectivity index (χ0) is 14.7. The SMILES string of the molecule is CC(CN1CCCC1=O)NC1CCCC1C1COCCN1. The molecule has 0 bridgehead atoms. The third-order valence-electron chi connectivity index (χ3n) is 5.20. The Kier molecular flexibility index (Phi) is 5.14. The van der Waals surface area contributed by atoms with Crippen LogP contribution in [0, 0.1) is 5.92 Å². The second-order valence-electron chi connectivity index (χ2n) is 6.85. The zero-order valence-corrected chi connectivity index (χ0v) is 13.1. The van der Waals surface area contributed by atoms with Crippen molar-refractivity contribution in [1.82, 2.24) is 15.5 Å². The molecule has 0 aromatic heterocycles. The van der Waals surface area contributed by atoms with E-state index < -0.39 is 0 Å². The Balaban J connectivity index is 1.49. The van der Waals surface area contributed by atoms with E-state index in [1.807, 2.05) is 4.90 Å². The van der Waals surface area contributed by atoms with Crippen molar-refractivity contribution in [3.8, 4) is 0 Å². The van der Waals surface area contributed by atoms with Crippen molar-refractivity contribution in [2.24, 2.45) is 5.92 Å². The Morgan fingerprint density at radius 2 is 2.33 bits per heavy atom. The van der Waals surface area contributed by atoms with Gasteiger partial charge in [0, 0.05) is 44.2 Å². The Labute approximate surface area is 127 Å². The van der Waals surface area contributed by atoms with Crippen molar-refractivity contribution in [3.63, 3.8) is 0 Å². The predicted octanol–water partition coefficient (Wildman–Crippen LogP) is 0.744. The van der Waals surface area contributed by atoms with Gasteiger partial charge in [0.1, 0.15) is 0 Å². The second kappa shape index (κ2) is 7.07. The number of amides is 1. The smallest absolute Gasteiger partial charge is 0.222 e. The number of likely N-dealkylation sites (tertiary alicyclic amines) is 1. The van der Waals surface area contributed by atoms with Gasteiger partial charge in [-0.1, -0.05) is 6.42 Å². The Morgan fingerprint density at radius 1 is 1.43 bits per heavy atom. The molecule has 4 unspecified atom stereocenters. The second-order valence-corrected chi connectivity index (χ2v) is 6.85. The minimum absolute atomic E-state index is 0.328. The van der Waals surface area contributed by atoms with Gasteiger partial charge in [0.15, 0.2) is 0 Å². The minimum atomic E-state index is 0.328. The molecule has 0 aromatic carbocycles. The van der Waals surface area contributed by atoms with Gasteiger partial charge in [0.05, 0.1) is 13.2 Å². The molecule has 2 aliphatic heterocycles. The van der Waals surface area contributed by atoms with Crippen molar-refractivity contribution in [2.45, 2.75) is 57.2 Å².